The lowest BCUT2D eigenvalue weighted by atomic mass is 9.84. The monoisotopic (exact) mass is 395 g/mol. The standard InChI is InChI=1S/C24H27F2N3/c1-16-7-9-21(25)20(13-16)24-22(26)10-8-18(29-24)14-28-23-15-27-12-11-19(23)17-5-3-2-4-6-17/h7-12,15-17,28H,2-6,13-14H2,1H3. The fraction of sp³-hybridized carbons (Fsp3) is 0.417. The molecule has 3 nitrogen and oxygen atoms in total. The van der Waals surface area contributed by atoms with E-state index in [4.69, 9.17) is 0 Å². The molecule has 1 unspecified atom stereocenters. The van der Waals surface area contributed by atoms with Gasteiger partial charge in [0.25, 0.3) is 0 Å². The van der Waals surface area contributed by atoms with Crippen LogP contribution < -0.4 is 5.32 Å². The Morgan fingerprint density at radius 2 is 1.93 bits per heavy atom. The second-order valence-electron chi connectivity index (χ2n) is 8.15. The Morgan fingerprint density at radius 3 is 2.76 bits per heavy atom. The number of anilines is 1. The van der Waals surface area contributed by atoms with Crippen LogP contribution in [-0.4, -0.2) is 9.97 Å². The van der Waals surface area contributed by atoms with Gasteiger partial charge < -0.3 is 5.32 Å². The van der Waals surface area contributed by atoms with Crippen LogP contribution in [0.5, 0.6) is 0 Å². The summed E-state index contributed by atoms with van der Waals surface area (Å²) in [5, 5.41) is 3.43. The van der Waals surface area contributed by atoms with Crippen LogP contribution in [0, 0.1) is 11.7 Å². The van der Waals surface area contributed by atoms with Crippen LogP contribution in [0.1, 0.15) is 68.3 Å². The summed E-state index contributed by atoms with van der Waals surface area (Å²) in [6.07, 6.45) is 13.6. The highest BCUT2D eigenvalue weighted by atomic mass is 19.1. The summed E-state index contributed by atoms with van der Waals surface area (Å²) in [6.45, 7) is 2.43. The number of allylic oxidation sites excluding steroid dienone is 4. The topological polar surface area (TPSA) is 37.8 Å². The van der Waals surface area contributed by atoms with E-state index >= 15 is 0 Å². The molecule has 0 bridgehead atoms. The van der Waals surface area contributed by atoms with Gasteiger partial charge in [0.2, 0.25) is 0 Å². The van der Waals surface area contributed by atoms with E-state index in [9.17, 15) is 8.78 Å². The summed E-state index contributed by atoms with van der Waals surface area (Å²) in [4.78, 5) is 8.72. The predicted molar refractivity (Wildman–Crippen MR) is 113 cm³/mol. The molecule has 0 radical (unpaired) electrons. The van der Waals surface area contributed by atoms with Crippen LogP contribution in [0.15, 0.2) is 48.6 Å². The lowest BCUT2D eigenvalue weighted by Crippen LogP contribution is -2.11. The minimum atomic E-state index is -0.481. The number of hydrogen-bond acceptors (Lipinski definition) is 3. The van der Waals surface area contributed by atoms with Crippen molar-refractivity contribution in [1.82, 2.24) is 9.97 Å². The second-order valence-corrected chi connectivity index (χ2v) is 8.15. The van der Waals surface area contributed by atoms with Crippen LogP contribution >= 0.6 is 0 Å². The maximum Gasteiger partial charge on any atom is 0.149 e. The van der Waals surface area contributed by atoms with Gasteiger partial charge in [-0.15, -0.1) is 0 Å². The van der Waals surface area contributed by atoms with Crippen molar-refractivity contribution in [2.45, 2.75) is 57.9 Å². The van der Waals surface area contributed by atoms with Crippen molar-refractivity contribution in [3.8, 4) is 0 Å². The molecule has 1 N–H and O–H groups in total. The van der Waals surface area contributed by atoms with Crippen LogP contribution in [0.25, 0.3) is 5.57 Å². The van der Waals surface area contributed by atoms with Crippen molar-refractivity contribution >= 4 is 11.3 Å². The maximum atomic E-state index is 14.4. The summed E-state index contributed by atoms with van der Waals surface area (Å²) in [7, 11) is 0. The molecule has 2 aliphatic carbocycles. The number of aromatic nitrogens is 2. The average molecular weight is 395 g/mol. The van der Waals surface area contributed by atoms with Crippen LogP contribution in [0.2, 0.25) is 0 Å². The van der Waals surface area contributed by atoms with Crippen molar-refractivity contribution in [3.05, 3.63) is 71.3 Å². The van der Waals surface area contributed by atoms with E-state index in [1.807, 2.05) is 19.3 Å². The third-order valence-corrected chi connectivity index (χ3v) is 5.93. The van der Waals surface area contributed by atoms with Crippen molar-refractivity contribution in [2.75, 3.05) is 5.32 Å². The smallest absolute Gasteiger partial charge is 0.149 e. The van der Waals surface area contributed by atoms with E-state index in [1.165, 1.54) is 49.8 Å². The number of nitrogens with one attached hydrogen (secondary N) is 1. The lowest BCUT2D eigenvalue weighted by Gasteiger charge is -2.24. The quantitative estimate of drug-likeness (QED) is 0.624. The van der Waals surface area contributed by atoms with Gasteiger partial charge in [-0.1, -0.05) is 32.3 Å². The zero-order chi connectivity index (χ0) is 20.2. The molecule has 2 aromatic heterocycles. The minimum Gasteiger partial charge on any atom is -0.378 e. The molecule has 0 aromatic carbocycles. The molecule has 152 valence electrons. The Bertz CT molecular complexity index is 929. The Kier molecular flexibility index (Phi) is 6.02. The summed E-state index contributed by atoms with van der Waals surface area (Å²) in [5.74, 6) is -0.154. The third kappa shape index (κ3) is 4.55. The molecule has 29 heavy (non-hydrogen) atoms. The normalized spacial score (nSPS) is 20.2. The van der Waals surface area contributed by atoms with E-state index in [0.29, 0.717) is 30.2 Å². The second kappa shape index (κ2) is 8.85. The molecule has 0 amide bonds. The van der Waals surface area contributed by atoms with Crippen LogP contribution in [0.3, 0.4) is 0 Å². The molecule has 0 spiro atoms. The molecule has 2 heterocycles. The van der Waals surface area contributed by atoms with E-state index in [2.05, 4.69) is 21.4 Å². The number of hydrogen-bond donors (Lipinski definition) is 1. The number of halogens is 2. The highest BCUT2D eigenvalue weighted by Crippen LogP contribution is 2.36. The molecule has 2 aliphatic rings. The van der Waals surface area contributed by atoms with Gasteiger partial charge in [-0.05, 0) is 60.9 Å². The SMILES string of the molecule is CC1C=CC(F)=C(c2nc(CNc3cnccc3C3CCCCC3)ccc2F)C1. The highest BCUT2D eigenvalue weighted by molar-refractivity contribution is 5.69. The Hall–Kier alpha value is -2.56. The zero-order valence-corrected chi connectivity index (χ0v) is 16.8. The largest absolute Gasteiger partial charge is 0.378 e. The first kappa shape index (κ1) is 19.7. The maximum absolute atomic E-state index is 14.4. The van der Waals surface area contributed by atoms with Gasteiger partial charge in [0.15, 0.2) is 0 Å². The first-order valence-electron chi connectivity index (χ1n) is 10.5. The molecule has 1 saturated carbocycles. The van der Waals surface area contributed by atoms with E-state index < -0.39 is 11.6 Å². The van der Waals surface area contributed by atoms with Gasteiger partial charge in [0, 0.05) is 11.8 Å². The fourth-order valence-corrected chi connectivity index (χ4v) is 4.35. The summed E-state index contributed by atoms with van der Waals surface area (Å²) < 4.78 is 28.7. The van der Waals surface area contributed by atoms with Gasteiger partial charge in [0.1, 0.15) is 17.3 Å². The average Bonchev–Trinajstić information content (AvgIpc) is 2.76. The molecule has 5 heteroatoms. The first-order chi connectivity index (χ1) is 14.1. The Labute approximate surface area is 171 Å². The number of pyridine rings is 2. The van der Waals surface area contributed by atoms with E-state index in [1.54, 1.807) is 12.1 Å². The van der Waals surface area contributed by atoms with Gasteiger partial charge in [-0.25, -0.2) is 13.8 Å². The van der Waals surface area contributed by atoms with Gasteiger partial charge in [0.05, 0.1) is 24.1 Å². The molecule has 2 aromatic rings. The molecule has 4 rings (SSSR count). The number of rotatable bonds is 5. The Morgan fingerprint density at radius 1 is 1.10 bits per heavy atom. The Balaban J connectivity index is 1.54. The summed E-state index contributed by atoms with van der Waals surface area (Å²) in [5.41, 5.74) is 3.45. The number of nitrogens with zero attached hydrogens (tertiary/aromatic N) is 2. The zero-order valence-electron chi connectivity index (χ0n) is 16.8. The summed E-state index contributed by atoms with van der Waals surface area (Å²) >= 11 is 0. The summed E-state index contributed by atoms with van der Waals surface area (Å²) in [6, 6.07) is 5.13. The fourth-order valence-electron chi connectivity index (χ4n) is 4.35. The molecule has 0 saturated heterocycles. The molecule has 0 aliphatic heterocycles. The van der Waals surface area contributed by atoms with Gasteiger partial charge >= 0.3 is 0 Å². The molecule has 1 fully saturated rings. The third-order valence-electron chi connectivity index (χ3n) is 5.93. The molecular weight excluding hydrogens is 368 g/mol. The van der Waals surface area contributed by atoms with E-state index in [-0.39, 0.29) is 11.6 Å². The molecule has 1 atom stereocenters. The van der Waals surface area contributed by atoms with Crippen molar-refractivity contribution in [1.29, 1.82) is 0 Å². The predicted octanol–water partition coefficient (Wildman–Crippen LogP) is 6.55. The van der Waals surface area contributed by atoms with Gasteiger partial charge in [-0.2, -0.15) is 0 Å². The van der Waals surface area contributed by atoms with Crippen molar-refractivity contribution in [2.24, 2.45) is 5.92 Å². The van der Waals surface area contributed by atoms with Crippen LogP contribution in [-0.2, 0) is 6.54 Å². The van der Waals surface area contributed by atoms with Crippen molar-refractivity contribution < 1.29 is 8.78 Å². The van der Waals surface area contributed by atoms with Crippen LogP contribution in [0.4, 0.5) is 14.5 Å². The highest BCUT2D eigenvalue weighted by Gasteiger charge is 2.21. The molecular formula is C24H27F2N3. The van der Waals surface area contributed by atoms with E-state index in [0.717, 1.165) is 5.69 Å². The van der Waals surface area contributed by atoms with Gasteiger partial charge in [-0.3, -0.25) is 4.98 Å². The van der Waals surface area contributed by atoms with Crippen molar-refractivity contribution in [3.63, 3.8) is 0 Å². The minimum absolute atomic E-state index is 0.122. The lowest BCUT2D eigenvalue weighted by molar-refractivity contribution is 0.444. The first-order valence-corrected chi connectivity index (χ1v) is 10.5.